The Kier molecular flexibility index (Phi) is 6.11. The van der Waals surface area contributed by atoms with E-state index in [1.807, 2.05) is 12.1 Å². The fraction of sp³-hybridized carbons (Fsp3) is 0.333. The highest BCUT2D eigenvalue weighted by molar-refractivity contribution is 7.91. The van der Waals surface area contributed by atoms with E-state index in [-0.39, 0.29) is 22.7 Å². The highest BCUT2D eigenvalue weighted by Crippen LogP contribution is 2.32. The van der Waals surface area contributed by atoms with Crippen molar-refractivity contribution in [2.24, 2.45) is 0 Å². The third kappa shape index (κ3) is 4.37. The summed E-state index contributed by atoms with van der Waals surface area (Å²) >= 11 is 7.49. The molecule has 1 fully saturated rings. The largest absolute Gasteiger partial charge is 0.376 e. The number of carbonyl (C=O) groups is 1. The first kappa shape index (κ1) is 21.2. The van der Waals surface area contributed by atoms with Crippen molar-refractivity contribution in [3.05, 3.63) is 53.1 Å². The lowest BCUT2D eigenvalue weighted by Gasteiger charge is -2.23. The number of sulfone groups is 1. The summed E-state index contributed by atoms with van der Waals surface area (Å²) in [5.74, 6) is -0.226. The van der Waals surface area contributed by atoms with E-state index in [2.05, 4.69) is 4.98 Å². The van der Waals surface area contributed by atoms with Gasteiger partial charge < -0.3 is 4.74 Å². The van der Waals surface area contributed by atoms with Crippen LogP contribution in [0.5, 0.6) is 0 Å². The van der Waals surface area contributed by atoms with Crippen LogP contribution in [-0.2, 0) is 14.6 Å². The highest BCUT2D eigenvalue weighted by atomic mass is 35.5. The fourth-order valence-electron chi connectivity index (χ4n) is 3.37. The van der Waals surface area contributed by atoms with Crippen molar-refractivity contribution in [2.45, 2.75) is 30.8 Å². The molecule has 6 nitrogen and oxygen atoms in total. The number of fused-ring (bicyclic) bond motifs is 1. The molecule has 2 aromatic carbocycles. The molecule has 30 heavy (non-hydrogen) atoms. The molecular formula is C21H21ClN2O4S2. The van der Waals surface area contributed by atoms with Crippen LogP contribution in [0.15, 0.2) is 47.4 Å². The number of thiazole rings is 1. The number of hydrogen-bond acceptors (Lipinski definition) is 6. The molecule has 1 aliphatic rings. The molecule has 1 unspecified atom stereocenters. The predicted octanol–water partition coefficient (Wildman–Crippen LogP) is 4.57. The molecule has 0 N–H and O–H groups in total. The first-order valence-electron chi connectivity index (χ1n) is 9.70. The number of carbonyl (C=O) groups excluding carboxylic acids is 1. The second-order valence-electron chi connectivity index (χ2n) is 7.09. The smallest absolute Gasteiger partial charge is 0.260 e. The van der Waals surface area contributed by atoms with Crippen molar-refractivity contribution in [3.63, 3.8) is 0 Å². The summed E-state index contributed by atoms with van der Waals surface area (Å²) in [6.07, 6.45) is 1.80. The van der Waals surface area contributed by atoms with Gasteiger partial charge in [-0.3, -0.25) is 9.69 Å². The molecule has 0 spiro atoms. The Hall–Kier alpha value is -2.00. The average molecular weight is 465 g/mol. The minimum atomic E-state index is -3.32. The Morgan fingerprint density at radius 3 is 2.70 bits per heavy atom. The quantitative estimate of drug-likeness (QED) is 0.534. The summed E-state index contributed by atoms with van der Waals surface area (Å²) in [6, 6.07) is 11.5. The number of ether oxygens (including phenoxy) is 1. The van der Waals surface area contributed by atoms with Gasteiger partial charge in [0.15, 0.2) is 15.0 Å². The second kappa shape index (κ2) is 8.63. The van der Waals surface area contributed by atoms with Gasteiger partial charge in [-0.2, -0.15) is 0 Å². The zero-order chi connectivity index (χ0) is 21.3. The standard InChI is InChI=1S/C21H21ClN2O4S2/c1-2-30(26,27)17-8-5-14(6-9-17)20(25)24(13-16-4-3-11-28-16)21-23-18-10-7-15(22)12-19(18)29-21/h5-10,12,16H,2-4,11,13H2,1H3. The third-order valence-corrected chi connectivity index (χ3v) is 8.09. The van der Waals surface area contributed by atoms with E-state index in [1.54, 1.807) is 30.0 Å². The fourth-order valence-corrected chi connectivity index (χ4v) is 5.50. The lowest BCUT2D eigenvalue weighted by molar-refractivity contribution is 0.0917. The maximum atomic E-state index is 13.4. The van der Waals surface area contributed by atoms with Gasteiger partial charge in [-0.05, 0) is 55.3 Å². The molecule has 0 bridgehead atoms. The molecule has 3 aromatic rings. The van der Waals surface area contributed by atoms with Gasteiger partial charge in [-0.15, -0.1) is 0 Å². The molecule has 0 saturated carbocycles. The predicted molar refractivity (Wildman–Crippen MR) is 119 cm³/mol. The Morgan fingerprint density at radius 2 is 2.03 bits per heavy atom. The van der Waals surface area contributed by atoms with Crippen LogP contribution in [0, 0.1) is 0 Å². The normalized spacial score (nSPS) is 16.8. The molecule has 2 heterocycles. The van der Waals surface area contributed by atoms with E-state index in [0.717, 1.165) is 23.1 Å². The maximum absolute atomic E-state index is 13.4. The number of hydrogen-bond donors (Lipinski definition) is 0. The van der Waals surface area contributed by atoms with Gasteiger partial charge in [0, 0.05) is 17.2 Å². The number of halogens is 1. The van der Waals surface area contributed by atoms with Gasteiger partial charge in [0.25, 0.3) is 5.91 Å². The lowest BCUT2D eigenvalue weighted by atomic mass is 10.2. The summed E-state index contributed by atoms with van der Waals surface area (Å²) in [4.78, 5) is 19.8. The van der Waals surface area contributed by atoms with Crippen LogP contribution in [0.1, 0.15) is 30.1 Å². The van der Waals surface area contributed by atoms with Crippen molar-refractivity contribution in [1.29, 1.82) is 0 Å². The van der Waals surface area contributed by atoms with E-state index >= 15 is 0 Å². The highest BCUT2D eigenvalue weighted by Gasteiger charge is 2.27. The number of anilines is 1. The van der Waals surface area contributed by atoms with Crippen LogP contribution in [0.4, 0.5) is 5.13 Å². The zero-order valence-electron chi connectivity index (χ0n) is 16.4. The van der Waals surface area contributed by atoms with Gasteiger partial charge in [0.2, 0.25) is 0 Å². The Morgan fingerprint density at radius 1 is 1.27 bits per heavy atom. The molecule has 9 heteroatoms. The van der Waals surface area contributed by atoms with E-state index in [4.69, 9.17) is 16.3 Å². The topological polar surface area (TPSA) is 76.6 Å². The van der Waals surface area contributed by atoms with Gasteiger partial charge >= 0.3 is 0 Å². The second-order valence-corrected chi connectivity index (χ2v) is 10.8. The molecule has 1 amide bonds. The Bertz CT molecular complexity index is 1170. The number of nitrogens with zero attached hydrogens (tertiary/aromatic N) is 2. The average Bonchev–Trinajstić information content (AvgIpc) is 3.40. The maximum Gasteiger partial charge on any atom is 0.260 e. The zero-order valence-corrected chi connectivity index (χ0v) is 18.8. The summed E-state index contributed by atoms with van der Waals surface area (Å²) in [5.41, 5.74) is 1.18. The van der Waals surface area contributed by atoms with Crippen molar-refractivity contribution in [1.82, 2.24) is 4.98 Å². The van der Waals surface area contributed by atoms with E-state index in [0.29, 0.717) is 28.9 Å². The molecule has 0 aliphatic carbocycles. The van der Waals surface area contributed by atoms with Gasteiger partial charge in [-0.25, -0.2) is 13.4 Å². The minimum Gasteiger partial charge on any atom is -0.376 e. The lowest BCUT2D eigenvalue weighted by Crippen LogP contribution is -2.37. The van der Waals surface area contributed by atoms with E-state index < -0.39 is 9.84 Å². The van der Waals surface area contributed by atoms with Gasteiger partial charge in [-0.1, -0.05) is 29.9 Å². The Labute approximate surface area is 184 Å². The molecule has 4 rings (SSSR count). The minimum absolute atomic E-state index is 0.0136. The first-order chi connectivity index (χ1) is 14.4. The molecule has 1 saturated heterocycles. The number of aromatic nitrogens is 1. The third-order valence-electron chi connectivity index (χ3n) is 5.07. The van der Waals surface area contributed by atoms with E-state index in [9.17, 15) is 13.2 Å². The monoisotopic (exact) mass is 464 g/mol. The number of amides is 1. The van der Waals surface area contributed by atoms with E-state index in [1.165, 1.54) is 23.5 Å². The first-order valence-corrected chi connectivity index (χ1v) is 12.5. The van der Waals surface area contributed by atoms with Gasteiger partial charge in [0.1, 0.15) is 0 Å². The van der Waals surface area contributed by atoms with Crippen LogP contribution in [-0.4, -0.2) is 44.3 Å². The summed E-state index contributed by atoms with van der Waals surface area (Å²) < 4.78 is 30.8. The molecule has 1 atom stereocenters. The van der Waals surface area contributed by atoms with Crippen molar-refractivity contribution >= 4 is 54.0 Å². The molecule has 1 aromatic heterocycles. The van der Waals surface area contributed by atoms with Crippen LogP contribution < -0.4 is 4.90 Å². The summed E-state index contributed by atoms with van der Waals surface area (Å²) in [6.45, 7) is 2.67. The van der Waals surface area contributed by atoms with Crippen LogP contribution in [0.3, 0.4) is 0 Å². The summed E-state index contributed by atoms with van der Waals surface area (Å²) in [7, 11) is -3.32. The molecule has 1 aliphatic heterocycles. The summed E-state index contributed by atoms with van der Waals surface area (Å²) in [5, 5.41) is 1.18. The Balaban J connectivity index is 1.68. The van der Waals surface area contributed by atoms with Crippen LogP contribution in [0.25, 0.3) is 10.2 Å². The SMILES string of the molecule is CCS(=O)(=O)c1ccc(C(=O)N(CC2CCCO2)c2nc3ccc(Cl)cc3s2)cc1. The number of benzene rings is 2. The van der Waals surface area contributed by atoms with Crippen LogP contribution in [0.2, 0.25) is 5.02 Å². The number of rotatable bonds is 6. The van der Waals surface area contributed by atoms with Crippen LogP contribution >= 0.6 is 22.9 Å². The molecular weight excluding hydrogens is 444 g/mol. The van der Waals surface area contributed by atoms with Crippen molar-refractivity contribution < 1.29 is 17.9 Å². The molecule has 158 valence electrons. The van der Waals surface area contributed by atoms with Crippen molar-refractivity contribution in [3.8, 4) is 0 Å². The molecule has 0 radical (unpaired) electrons. The van der Waals surface area contributed by atoms with Crippen molar-refractivity contribution in [2.75, 3.05) is 23.8 Å². The van der Waals surface area contributed by atoms with Gasteiger partial charge in [0.05, 0.1) is 33.5 Å².